The highest BCUT2D eigenvalue weighted by molar-refractivity contribution is 6.30. The maximum Gasteiger partial charge on any atom is 0.191 e. The van der Waals surface area contributed by atoms with E-state index in [-0.39, 0.29) is 5.75 Å². The van der Waals surface area contributed by atoms with Crippen molar-refractivity contribution in [2.75, 3.05) is 20.2 Å². The summed E-state index contributed by atoms with van der Waals surface area (Å²) in [7, 11) is 1.53. The molecule has 2 aromatic carbocycles. The summed E-state index contributed by atoms with van der Waals surface area (Å²) in [5.74, 6) is 1.32. The number of nitrogens with one attached hydrogen (secondary N) is 2. The summed E-state index contributed by atoms with van der Waals surface area (Å²) in [5, 5.41) is 17.1. The minimum Gasteiger partial charge on any atom is -0.504 e. The first-order valence-electron chi connectivity index (χ1n) is 8.25. The minimum atomic E-state index is 0.121. The summed E-state index contributed by atoms with van der Waals surface area (Å²) in [5.41, 5.74) is 2.13. The molecule has 0 spiro atoms. The van der Waals surface area contributed by atoms with Crippen molar-refractivity contribution < 1.29 is 9.84 Å². The lowest BCUT2D eigenvalue weighted by atomic mass is 10.1. The third-order valence-corrected chi connectivity index (χ3v) is 3.88. The summed E-state index contributed by atoms with van der Waals surface area (Å²) in [6, 6.07) is 13.1. The largest absolute Gasteiger partial charge is 0.504 e. The zero-order valence-corrected chi connectivity index (χ0v) is 15.3. The number of rotatable bonds is 7. The normalized spacial score (nSPS) is 11.2. The lowest BCUT2D eigenvalue weighted by Crippen LogP contribution is -2.38. The maximum absolute atomic E-state index is 9.83. The van der Waals surface area contributed by atoms with Crippen LogP contribution in [0.3, 0.4) is 0 Å². The average molecular weight is 362 g/mol. The second-order valence-corrected chi connectivity index (χ2v) is 5.94. The molecule has 134 valence electrons. The van der Waals surface area contributed by atoms with Crippen LogP contribution in [0.25, 0.3) is 0 Å². The van der Waals surface area contributed by atoms with Crippen LogP contribution in [0.5, 0.6) is 11.5 Å². The molecule has 0 bridgehead atoms. The predicted molar refractivity (Wildman–Crippen MR) is 103 cm³/mol. The van der Waals surface area contributed by atoms with Crippen LogP contribution in [-0.4, -0.2) is 31.3 Å². The number of phenols is 1. The third kappa shape index (κ3) is 6.19. The van der Waals surface area contributed by atoms with Crippen molar-refractivity contribution in [3.05, 3.63) is 58.6 Å². The number of ether oxygens (including phenoxy) is 1. The summed E-state index contributed by atoms with van der Waals surface area (Å²) in [4.78, 5) is 4.55. The van der Waals surface area contributed by atoms with Gasteiger partial charge in [0.15, 0.2) is 17.5 Å². The molecule has 2 aromatic rings. The van der Waals surface area contributed by atoms with Gasteiger partial charge < -0.3 is 20.5 Å². The van der Waals surface area contributed by atoms with Gasteiger partial charge in [0, 0.05) is 18.1 Å². The first-order valence-corrected chi connectivity index (χ1v) is 8.62. The van der Waals surface area contributed by atoms with Crippen LogP contribution in [0.4, 0.5) is 0 Å². The second-order valence-electron chi connectivity index (χ2n) is 5.50. The van der Waals surface area contributed by atoms with Gasteiger partial charge in [-0.1, -0.05) is 29.8 Å². The summed E-state index contributed by atoms with van der Waals surface area (Å²) >= 11 is 5.90. The molecular weight excluding hydrogens is 338 g/mol. The molecule has 0 saturated heterocycles. The van der Waals surface area contributed by atoms with Crippen LogP contribution in [0.2, 0.25) is 5.02 Å². The van der Waals surface area contributed by atoms with E-state index >= 15 is 0 Å². The van der Waals surface area contributed by atoms with E-state index in [0.29, 0.717) is 12.3 Å². The number of methoxy groups -OCH3 is 1. The standard InChI is InChI=1S/C19H24ClN3O2/c1-3-21-19(22-11-10-14-4-7-16(20)8-5-14)23-13-15-6-9-18(25-2)17(24)12-15/h4-9,12,24H,3,10-11,13H2,1-2H3,(H2,21,22,23). The molecule has 25 heavy (non-hydrogen) atoms. The Morgan fingerprint density at radius 2 is 1.84 bits per heavy atom. The highest BCUT2D eigenvalue weighted by atomic mass is 35.5. The Labute approximate surface area is 153 Å². The molecule has 5 nitrogen and oxygen atoms in total. The first-order chi connectivity index (χ1) is 12.1. The van der Waals surface area contributed by atoms with Crippen molar-refractivity contribution in [3.63, 3.8) is 0 Å². The number of halogens is 1. The monoisotopic (exact) mass is 361 g/mol. The molecule has 3 N–H and O–H groups in total. The Morgan fingerprint density at radius 1 is 1.12 bits per heavy atom. The molecule has 0 heterocycles. The maximum atomic E-state index is 9.83. The van der Waals surface area contributed by atoms with Gasteiger partial charge in [-0.3, -0.25) is 0 Å². The van der Waals surface area contributed by atoms with Crippen molar-refractivity contribution in [3.8, 4) is 11.5 Å². The van der Waals surface area contributed by atoms with E-state index in [0.717, 1.165) is 36.1 Å². The molecule has 6 heteroatoms. The average Bonchev–Trinajstić information content (AvgIpc) is 2.61. The highest BCUT2D eigenvalue weighted by Gasteiger charge is 2.03. The molecule has 0 radical (unpaired) electrons. The number of aliphatic imine (C=N–C) groups is 1. The molecule has 0 fully saturated rings. The van der Waals surface area contributed by atoms with E-state index in [1.807, 2.05) is 37.3 Å². The van der Waals surface area contributed by atoms with Crippen LogP contribution in [0.15, 0.2) is 47.5 Å². The Kier molecular flexibility index (Phi) is 7.41. The molecule has 0 amide bonds. The number of benzene rings is 2. The summed E-state index contributed by atoms with van der Waals surface area (Å²) < 4.78 is 5.05. The molecule has 0 atom stereocenters. The van der Waals surface area contributed by atoms with Crippen LogP contribution < -0.4 is 15.4 Å². The van der Waals surface area contributed by atoms with Crippen molar-refractivity contribution in [1.82, 2.24) is 10.6 Å². The van der Waals surface area contributed by atoms with Crippen molar-refractivity contribution >= 4 is 17.6 Å². The number of phenolic OH excluding ortho intramolecular Hbond substituents is 1. The number of aromatic hydroxyl groups is 1. The number of hydrogen-bond donors (Lipinski definition) is 3. The topological polar surface area (TPSA) is 65.9 Å². The van der Waals surface area contributed by atoms with Gasteiger partial charge in [0.1, 0.15) is 0 Å². The van der Waals surface area contributed by atoms with E-state index in [2.05, 4.69) is 15.6 Å². The Balaban J connectivity index is 1.91. The van der Waals surface area contributed by atoms with E-state index in [1.165, 1.54) is 12.7 Å². The minimum absolute atomic E-state index is 0.121. The van der Waals surface area contributed by atoms with Crippen LogP contribution in [0, 0.1) is 0 Å². The summed E-state index contributed by atoms with van der Waals surface area (Å²) in [6.45, 7) is 4.03. The molecular formula is C19H24ClN3O2. The summed E-state index contributed by atoms with van der Waals surface area (Å²) in [6.07, 6.45) is 0.880. The SMILES string of the molecule is CCNC(=NCc1ccc(OC)c(O)c1)NCCc1ccc(Cl)cc1. The zero-order chi connectivity index (χ0) is 18.1. The van der Waals surface area contributed by atoms with Gasteiger partial charge in [0.2, 0.25) is 0 Å². The third-order valence-electron chi connectivity index (χ3n) is 3.63. The van der Waals surface area contributed by atoms with Gasteiger partial charge >= 0.3 is 0 Å². The number of nitrogens with zero attached hydrogens (tertiary/aromatic N) is 1. The Morgan fingerprint density at radius 3 is 2.48 bits per heavy atom. The van der Waals surface area contributed by atoms with Crippen molar-refractivity contribution in [1.29, 1.82) is 0 Å². The molecule has 0 aliphatic rings. The fraction of sp³-hybridized carbons (Fsp3) is 0.316. The smallest absolute Gasteiger partial charge is 0.191 e. The fourth-order valence-corrected chi connectivity index (χ4v) is 2.45. The zero-order valence-electron chi connectivity index (χ0n) is 14.6. The van der Waals surface area contributed by atoms with Crippen LogP contribution >= 0.6 is 11.6 Å². The van der Waals surface area contributed by atoms with Crippen molar-refractivity contribution in [2.24, 2.45) is 4.99 Å². The molecule has 0 aliphatic heterocycles. The van der Waals surface area contributed by atoms with E-state index in [9.17, 15) is 5.11 Å². The quantitative estimate of drug-likeness (QED) is 0.522. The lowest BCUT2D eigenvalue weighted by Gasteiger charge is -2.12. The first kappa shape index (κ1) is 18.9. The Hall–Kier alpha value is -2.40. The number of guanidine groups is 1. The predicted octanol–water partition coefficient (Wildman–Crippen LogP) is 3.35. The molecule has 0 saturated carbocycles. The Bertz CT molecular complexity index is 702. The fourth-order valence-electron chi connectivity index (χ4n) is 2.32. The van der Waals surface area contributed by atoms with Gasteiger partial charge in [0.05, 0.1) is 13.7 Å². The molecule has 0 aliphatic carbocycles. The second kappa shape index (κ2) is 9.79. The van der Waals surface area contributed by atoms with Gasteiger partial charge in [-0.05, 0) is 48.7 Å². The van der Waals surface area contributed by atoms with E-state index < -0.39 is 0 Å². The molecule has 0 aromatic heterocycles. The van der Waals surface area contributed by atoms with E-state index in [1.54, 1.807) is 12.1 Å². The highest BCUT2D eigenvalue weighted by Crippen LogP contribution is 2.26. The van der Waals surface area contributed by atoms with Gasteiger partial charge in [0.25, 0.3) is 0 Å². The molecule has 2 rings (SSSR count). The van der Waals surface area contributed by atoms with Crippen molar-refractivity contribution in [2.45, 2.75) is 19.9 Å². The molecule has 0 unspecified atom stereocenters. The van der Waals surface area contributed by atoms with Gasteiger partial charge in [-0.2, -0.15) is 0 Å². The lowest BCUT2D eigenvalue weighted by molar-refractivity contribution is 0.373. The van der Waals surface area contributed by atoms with E-state index in [4.69, 9.17) is 16.3 Å². The van der Waals surface area contributed by atoms with Crippen LogP contribution in [0.1, 0.15) is 18.1 Å². The van der Waals surface area contributed by atoms with Gasteiger partial charge in [-0.25, -0.2) is 4.99 Å². The van der Waals surface area contributed by atoms with Gasteiger partial charge in [-0.15, -0.1) is 0 Å². The number of hydrogen-bond acceptors (Lipinski definition) is 3. The van der Waals surface area contributed by atoms with Crippen LogP contribution in [-0.2, 0) is 13.0 Å².